The zero-order valence-electron chi connectivity index (χ0n) is 30.8. The minimum atomic E-state index is -1.56. The Hall–Kier alpha value is -6.72. The Morgan fingerprint density at radius 3 is 1.19 bits per heavy atom. The second-order valence-corrected chi connectivity index (χ2v) is 14.9. The van der Waals surface area contributed by atoms with Crippen molar-refractivity contribution in [2.75, 3.05) is 0 Å². The molecule has 1 saturated carbocycles. The van der Waals surface area contributed by atoms with Crippen molar-refractivity contribution in [1.29, 1.82) is 0 Å². The van der Waals surface area contributed by atoms with Crippen molar-refractivity contribution in [1.82, 2.24) is 9.80 Å². The van der Waals surface area contributed by atoms with Crippen molar-refractivity contribution in [3.8, 4) is 23.0 Å². The number of ether oxygens (including phenoxy) is 2. The summed E-state index contributed by atoms with van der Waals surface area (Å²) in [6.45, 7) is 0.392. The molecule has 0 aliphatic heterocycles. The molecule has 0 radical (unpaired) electrons. The Balaban J connectivity index is 1.13. The summed E-state index contributed by atoms with van der Waals surface area (Å²) in [4.78, 5) is 58.9. The summed E-state index contributed by atoms with van der Waals surface area (Å²) in [7, 11) is 0. The van der Waals surface area contributed by atoms with Gasteiger partial charge in [0.2, 0.25) is 11.8 Å². The van der Waals surface area contributed by atoms with Crippen molar-refractivity contribution in [2.24, 2.45) is 23.7 Å². The van der Waals surface area contributed by atoms with E-state index in [1.54, 1.807) is 24.3 Å². The minimum Gasteiger partial charge on any atom is -0.481 e. The molecule has 2 N–H and O–H groups in total. The van der Waals surface area contributed by atoms with Gasteiger partial charge in [-0.05, 0) is 76.7 Å². The van der Waals surface area contributed by atoms with Gasteiger partial charge in [0.05, 0.1) is 30.2 Å². The van der Waals surface area contributed by atoms with Crippen LogP contribution in [0.1, 0.15) is 21.6 Å². The van der Waals surface area contributed by atoms with Crippen LogP contribution in [0.15, 0.2) is 157 Å². The second kappa shape index (κ2) is 17.8. The molecule has 7 rings (SSSR count). The molecule has 5 aromatic carbocycles. The largest absolute Gasteiger partial charge is 0.481 e. The van der Waals surface area contributed by atoms with E-state index >= 15 is 0 Å². The molecule has 1 aliphatic rings. The zero-order chi connectivity index (χ0) is 39.7. The Morgan fingerprint density at radius 1 is 0.439 bits per heavy atom. The number of benzene rings is 5. The number of thiophene rings is 1. The van der Waals surface area contributed by atoms with Crippen LogP contribution in [0, 0.1) is 23.7 Å². The van der Waals surface area contributed by atoms with Gasteiger partial charge < -0.3 is 29.5 Å². The Bertz CT molecular complexity index is 2250. The van der Waals surface area contributed by atoms with Crippen LogP contribution < -0.4 is 9.47 Å². The number of rotatable bonds is 16. The molecule has 0 unspecified atom stereocenters. The summed E-state index contributed by atoms with van der Waals surface area (Å²) in [6.07, 6.45) is 0. The third kappa shape index (κ3) is 9.40. The Labute approximate surface area is 334 Å². The van der Waals surface area contributed by atoms with E-state index < -0.39 is 47.4 Å². The molecule has 288 valence electrons. The maximum absolute atomic E-state index is 14.6. The molecule has 1 fully saturated rings. The summed E-state index contributed by atoms with van der Waals surface area (Å²) >= 11 is 1.43. The van der Waals surface area contributed by atoms with Crippen molar-refractivity contribution in [3.63, 3.8) is 0 Å². The van der Waals surface area contributed by atoms with E-state index in [0.717, 1.165) is 21.6 Å². The summed E-state index contributed by atoms with van der Waals surface area (Å²) in [5.41, 5.74) is 2.25. The van der Waals surface area contributed by atoms with Crippen LogP contribution in [0.2, 0.25) is 0 Å². The molecule has 1 heterocycles. The van der Waals surface area contributed by atoms with Gasteiger partial charge in [-0.3, -0.25) is 19.2 Å². The molecule has 1 aliphatic carbocycles. The average Bonchev–Trinajstić information content (AvgIpc) is 3.72. The van der Waals surface area contributed by atoms with Crippen LogP contribution >= 0.6 is 11.3 Å². The first-order valence-electron chi connectivity index (χ1n) is 18.5. The number of aliphatic carboxylic acids is 2. The lowest BCUT2D eigenvalue weighted by atomic mass is 9.55. The highest BCUT2D eigenvalue weighted by molar-refractivity contribution is 7.09. The van der Waals surface area contributed by atoms with Crippen LogP contribution in [-0.2, 0) is 45.4 Å². The van der Waals surface area contributed by atoms with Gasteiger partial charge in [0.1, 0.15) is 23.0 Å². The number of amides is 2. The van der Waals surface area contributed by atoms with Gasteiger partial charge in [-0.25, -0.2) is 0 Å². The van der Waals surface area contributed by atoms with E-state index in [0.29, 0.717) is 23.0 Å². The molecular weight excluding hydrogens is 741 g/mol. The van der Waals surface area contributed by atoms with E-state index in [1.165, 1.54) is 21.1 Å². The monoisotopic (exact) mass is 780 g/mol. The third-order valence-electron chi connectivity index (χ3n) is 10.0. The lowest BCUT2D eigenvalue weighted by Crippen LogP contribution is -2.64. The molecule has 11 heteroatoms. The lowest BCUT2D eigenvalue weighted by molar-refractivity contribution is -0.188. The fourth-order valence-electron chi connectivity index (χ4n) is 7.23. The number of hydrogen-bond donors (Lipinski definition) is 2. The third-order valence-corrected chi connectivity index (χ3v) is 10.9. The number of carboxylic acids is 2. The van der Waals surface area contributed by atoms with E-state index in [1.807, 2.05) is 133 Å². The van der Waals surface area contributed by atoms with E-state index in [2.05, 4.69) is 0 Å². The summed E-state index contributed by atoms with van der Waals surface area (Å²) < 4.78 is 11.8. The van der Waals surface area contributed by atoms with E-state index in [4.69, 9.17) is 9.47 Å². The van der Waals surface area contributed by atoms with Gasteiger partial charge in [0.15, 0.2) is 0 Å². The molecular formula is C46H40N2O8S. The van der Waals surface area contributed by atoms with Gasteiger partial charge in [-0.2, -0.15) is 0 Å². The normalized spacial score (nSPS) is 17.1. The van der Waals surface area contributed by atoms with Crippen LogP contribution in [0.3, 0.4) is 0 Å². The van der Waals surface area contributed by atoms with Crippen molar-refractivity contribution in [2.45, 2.75) is 26.2 Å². The maximum Gasteiger partial charge on any atom is 0.308 e. The first kappa shape index (κ1) is 38.6. The van der Waals surface area contributed by atoms with Crippen LogP contribution in [0.4, 0.5) is 0 Å². The van der Waals surface area contributed by atoms with Crippen LogP contribution in [0.5, 0.6) is 23.0 Å². The van der Waals surface area contributed by atoms with Crippen molar-refractivity contribution in [3.05, 3.63) is 179 Å². The molecule has 1 aromatic heterocycles. The topological polar surface area (TPSA) is 134 Å². The molecule has 57 heavy (non-hydrogen) atoms. The predicted molar refractivity (Wildman–Crippen MR) is 214 cm³/mol. The molecule has 6 aromatic rings. The Morgan fingerprint density at radius 2 is 0.807 bits per heavy atom. The minimum absolute atomic E-state index is 0.0711. The number of hydrogen-bond acceptors (Lipinski definition) is 7. The van der Waals surface area contributed by atoms with E-state index in [-0.39, 0.29) is 26.2 Å². The maximum atomic E-state index is 14.6. The number of carboxylic acid groups (broad SMARTS) is 2. The average molecular weight is 781 g/mol. The SMILES string of the molecule is O=C(O)[C@@H]1C(C(=O)N(Cc2ccccc2)Cc2ccc(Oc3ccccc3)cc2)[C@@H](C(=O)O)C1C(=O)N(Cc1ccc(Oc2ccccc2)cc1)Cc1cccs1. The fourth-order valence-corrected chi connectivity index (χ4v) is 7.95. The predicted octanol–water partition coefficient (Wildman–Crippen LogP) is 8.74. The molecule has 0 saturated heterocycles. The molecule has 2 amide bonds. The first-order chi connectivity index (χ1) is 27.7. The molecule has 2 atom stereocenters. The second-order valence-electron chi connectivity index (χ2n) is 13.9. The van der Waals surface area contributed by atoms with Gasteiger partial charge in [-0.15, -0.1) is 11.3 Å². The van der Waals surface area contributed by atoms with Crippen LogP contribution in [0.25, 0.3) is 0 Å². The first-order valence-corrected chi connectivity index (χ1v) is 19.3. The van der Waals surface area contributed by atoms with Gasteiger partial charge in [-0.1, -0.05) is 97.1 Å². The number of nitrogens with zero attached hydrogens (tertiary/aromatic N) is 2. The molecule has 0 spiro atoms. The fraction of sp³-hybridized carbons (Fsp3) is 0.174. The van der Waals surface area contributed by atoms with E-state index in [9.17, 15) is 29.4 Å². The highest BCUT2D eigenvalue weighted by Crippen LogP contribution is 2.49. The van der Waals surface area contributed by atoms with Gasteiger partial charge in [0, 0.05) is 24.5 Å². The van der Waals surface area contributed by atoms with Gasteiger partial charge in [0.25, 0.3) is 0 Å². The Kier molecular flexibility index (Phi) is 12.1. The number of carbonyl (C=O) groups is 4. The quantitative estimate of drug-likeness (QED) is 0.0997. The smallest absolute Gasteiger partial charge is 0.308 e. The summed E-state index contributed by atoms with van der Waals surface area (Å²) in [5.74, 6) is -7.62. The highest BCUT2D eigenvalue weighted by atomic mass is 32.1. The molecule has 0 bridgehead atoms. The van der Waals surface area contributed by atoms with Gasteiger partial charge >= 0.3 is 11.9 Å². The summed E-state index contributed by atoms with van der Waals surface area (Å²) in [5, 5.41) is 23.1. The lowest BCUT2D eigenvalue weighted by Gasteiger charge is -2.48. The van der Waals surface area contributed by atoms with Crippen molar-refractivity contribution < 1.29 is 38.9 Å². The zero-order valence-corrected chi connectivity index (χ0v) is 31.6. The van der Waals surface area contributed by atoms with Crippen molar-refractivity contribution >= 4 is 35.1 Å². The highest BCUT2D eigenvalue weighted by Gasteiger charge is 2.65. The standard InChI is InChI=1S/C46H40N2O8S/c49-43(47(27-31-11-4-1-5-12-31)28-32-18-22-36(23-19-32)55-34-13-6-2-7-14-34)39-41(45(51)52)40(42(39)46(53)54)44(50)48(30-38-17-10-26-57-38)29-33-20-24-37(25-21-33)56-35-15-8-3-9-16-35/h1-26,39-42H,27-30H2,(H,51,52)(H,53,54)/t39?,40?,41-,42-/m1/s1. The van der Waals surface area contributed by atoms with Crippen LogP contribution in [-0.4, -0.2) is 43.8 Å². The summed E-state index contributed by atoms with van der Waals surface area (Å²) in [6, 6.07) is 45.9. The number of para-hydroxylation sites is 2. The number of carbonyl (C=O) groups excluding carboxylic acids is 2. The molecule has 10 nitrogen and oxygen atoms in total.